The summed E-state index contributed by atoms with van der Waals surface area (Å²) in [6, 6.07) is 6.03. The first kappa shape index (κ1) is 15.7. The van der Waals surface area contributed by atoms with Crippen LogP contribution in [-0.2, 0) is 0 Å². The number of benzene rings is 1. The zero-order chi connectivity index (χ0) is 15.1. The lowest BCUT2D eigenvalue weighted by atomic mass is 10.2. The second kappa shape index (κ2) is 7.95. The summed E-state index contributed by atoms with van der Waals surface area (Å²) >= 11 is 0. The van der Waals surface area contributed by atoms with E-state index in [0.717, 1.165) is 13.1 Å². The number of β-amino-alcohol motifs (C(OH)–C–C–N with tert-alkyl or cyclic N) is 1. The molecule has 21 heavy (non-hydrogen) atoms. The summed E-state index contributed by atoms with van der Waals surface area (Å²) in [5, 5.41) is 20.7. The van der Waals surface area contributed by atoms with Crippen LogP contribution in [0.5, 0.6) is 5.75 Å². The molecule has 6 nitrogen and oxygen atoms in total. The van der Waals surface area contributed by atoms with Crippen LogP contribution in [0.1, 0.15) is 25.7 Å². The summed E-state index contributed by atoms with van der Waals surface area (Å²) in [5.41, 5.74) is -0.00509. The molecule has 1 aliphatic rings. The predicted octanol–water partition coefficient (Wildman–Crippen LogP) is 2.21. The van der Waals surface area contributed by atoms with Crippen molar-refractivity contribution >= 4 is 5.69 Å². The van der Waals surface area contributed by atoms with Crippen molar-refractivity contribution in [3.63, 3.8) is 0 Å². The SMILES string of the molecule is O=[N+]([O-])c1cccc(OCC(O)CN2CCCCCC2)c1. The molecule has 1 aliphatic heterocycles. The number of non-ortho nitro benzene ring substituents is 1. The van der Waals surface area contributed by atoms with Gasteiger partial charge in [-0.05, 0) is 32.0 Å². The molecule has 0 radical (unpaired) electrons. The van der Waals surface area contributed by atoms with Crippen LogP contribution >= 0.6 is 0 Å². The van der Waals surface area contributed by atoms with Gasteiger partial charge < -0.3 is 14.7 Å². The second-order valence-corrected chi connectivity index (χ2v) is 5.43. The fourth-order valence-corrected chi connectivity index (χ4v) is 2.55. The molecule has 1 atom stereocenters. The third-order valence-corrected chi connectivity index (χ3v) is 3.64. The Morgan fingerprint density at radius 1 is 1.29 bits per heavy atom. The van der Waals surface area contributed by atoms with Crippen molar-refractivity contribution in [3.05, 3.63) is 34.4 Å². The molecule has 6 heteroatoms. The molecule has 0 aliphatic carbocycles. The number of nitro groups is 1. The van der Waals surface area contributed by atoms with Crippen molar-refractivity contribution in [1.29, 1.82) is 0 Å². The summed E-state index contributed by atoms with van der Waals surface area (Å²) in [4.78, 5) is 12.5. The van der Waals surface area contributed by atoms with Gasteiger partial charge >= 0.3 is 0 Å². The highest BCUT2D eigenvalue weighted by Gasteiger charge is 2.14. The molecule has 1 saturated heterocycles. The topological polar surface area (TPSA) is 75.8 Å². The third-order valence-electron chi connectivity index (χ3n) is 3.64. The lowest BCUT2D eigenvalue weighted by molar-refractivity contribution is -0.384. The van der Waals surface area contributed by atoms with E-state index in [0.29, 0.717) is 12.3 Å². The normalized spacial score (nSPS) is 18.0. The van der Waals surface area contributed by atoms with Gasteiger partial charge in [-0.15, -0.1) is 0 Å². The van der Waals surface area contributed by atoms with Gasteiger partial charge in [-0.1, -0.05) is 18.9 Å². The lowest BCUT2D eigenvalue weighted by Gasteiger charge is -2.23. The molecule has 0 spiro atoms. The van der Waals surface area contributed by atoms with E-state index >= 15 is 0 Å². The molecule has 0 aromatic heterocycles. The quantitative estimate of drug-likeness (QED) is 0.643. The number of likely N-dealkylation sites (tertiary alicyclic amines) is 1. The number of hydrogen-bond acceptors (Lipinski definition) is 5. The zero-order valence-electron chi connectivity index (χ0n) is 12.1. The van der Waals surface area contributed by atoms with Gasteiger partial charge in [0.25, 0.3) is 5.69 Å². The monoisotopic (exact) mass is 294 g/mol. The van der Waals surface area contributed by atoms with Gasteiger partial charge in [0, 0.05) is 12.6 Å². The molecule has 1 N–H and O–H groups in total. The molecule has 1 unspecified atom stereocenters. The fraction of sp³-hybridized carbons (Fsp3) is 0.600. The molecule has 2 rings (SSSR count). The van der Waals surface area contributed by atoms with Crippen LogP contribution < -0.4 is 4.74 Å². The van der Waals surface area contributed by atoms with E-state index in [-0.39, 0.29) is 12.3 Å². The maximum atomic E-state index is 10.7. The Kier molecular flexibility index (Phi) is 5.95. The van der Waals surface area contributed by atoms with Crippen LogP contribution in [0.15, 0.2) is 24.3 Å². The van der Waals surface area contributed by atoms with Crippen LogP contribution in [0.2, 0.25) is 0 Å². The van der Waals surface area contributed by atoms with E-state index < -0.39 is 11.0 Å². The van der Waals surface area contributed by atoms with E-state index in [1.807, 2.05) is 0 Å². The van der Waals surface area contributed by atoms with Crippen LogP contribution in [-0.4, -0.2) is 47.3 Å². The number of nitrogens with zero attached hydrogens (tertiary/aromatic N) is 2. The van der Waals surface area contributed by atoms with E-state index in [2.05, 4.69) is 4.90 Å². The Hall–Kier alpha value is -1.66. The first-order valence-electron chi connectivity index (χ1n) is 7.43. The molecule has 0 amide bonds. The lowest BCUT2D eigenvalue weighted by Crippen LogP contribution is -2.36. The minimum atomic E-state index is -0.581. The first-order chi connectivity index (χ1) is 10.1. The average Bonchev–Trinajstić information content (AvgIpc) is 2.74. The van der Waals surface area contributed by atoms with Crippen molar-refractivity contribution in [2.75, 3.05) is 26.2 Å². The van der Waals surface area contributed by atoms with Gasteiger partial charge in [-0.2, -0.15) is 0 Å². The molecule has 1 aromatic carbocycles. The standard InChI is InChI=1S/C15H22N2O4/c18-14(11-16-8-3-1-2-4-9-16)12-21-15-7-5-6-13(10-15)17(19)20/h5-7,10,14,18H,1-4,8-9,11-12H2. The Morgan fingerprint density at radius 2 is 2.00 bits per heavy atom. The van der Waals surface area contributed by atoms with E-state index in [4.69, 9.17) is 4.74 Å². The molecule has 1 aromatic rings. The van der Waals surface area contributed by atoms with Crippen LogP contribution in [0.3, 0.4) is 0 Å². The van der Waals surface area contributed by atoms with Gasteiger partial charge in [-0.3, -0.25) is 10.1 Å². The summed E-state index contributed by atoms with van der Waals surface area (Å²) in [6.07, 6.45) is 4.30. The maximum absolute atomic E-state index is 10.7. The van der Waals surface area contributed by atoms with Crippen LogP contribution in [0.25, 0.3) is 0 Å². The van der Waals surface area contributed by atoms with Crippen molar-refractivity contribution in [1.82, 2.24) is 4.90 Å². The molecule has 0 saturated carbocycles. The first-order valence-corrected chi connectivity index (χ1v) is 7.43. The van der Waals surface area contributed by atoms with Gasteiger partial charge in [0.1, 0.15) is 18.5 Å². The summed E-state index contributed by atoms with van der Waals surface area (Å²) in [5.74, 6) is 0.416. The Labute approximate surface area is 124 Å². The van der Waals surface area contributed by atoms with Crippen LogP contribution in [0.4, 0.5) is 5.69 Å². The van der Waals surface area contributed by atoms with E-state index in [9.17, 15) is 15.2 Å². The molecule has 0 bridgehead atoms. The minimum absolute atomic E-state index is 0.00509. The largest absolute Gasteiger partial charge is 0.491 e. The Morgan fingerprint density at radius 3 is 2.67 bits per heavy atom. The maximum Gasteiger partial charge on any atom is 0.273 e. The molecule has 1 fully saturated rings. The van der Waals surface area contributed by atoms with Crippen molar-refractivity contribution in [2.24, 2.45) is 0 Å². The number of aliphatic hydroxyl groups is 1. The summed E-state index contributed by atoms with van der Waals surface area (Å²) < 4.78 is 5.45. The average molecular weight is 294 g/mol. The highest BCUT2D eigenvalue weighted by molar-refractivity contribution is 5.37. The molecule has 1 heterocycles. The van der Waals surface area contributed by atoms with Gasteiger partial charge in [-0.25, -0.2) is 0 Å². The van der Waals surface area contributed by atoms with Crippen LogP contribution in [0, 0.1) is 10.1 Å². The molecular formula is C15H22N2O4. The van der Waals surface area contributed by atoms with E-state index in [1.165, 1.54) is 37.8 Å². The molecule has 116 valence electrons. The number of ether oxygens (including phenoxy) is 1. The summed E-state index contributed by atoms with van der Waals surface area (Å²) in [7, 11) is 0. The number of rotatable bonds is 6. The van der Waals surface area contributed by atoms with Crippen molar-refractivity contribution in [2.45, 2.75) is 31.8 Å². The zero-order valence-corrected chi connectivity index (χ0v) is 12.1. The van der Waals surface area contributed by atoms with E-state index in [1.54, 1.807) is 12.1 Å². The van der Waals surface area contributed by atoms with Gasteiger partial charge in [0.2, 0.25) is 0 Å². The number of aliphatic hydroxyl groups excluding tert-OH is 1. The van der Waals surface area contributed by atoms with Crippen molar-refractivity contribution < 1.29 is 14.8 Å². The fourth-order valence-electron chi connectivity index (χ4n) is 2.55. The third kappa shape index (κ3) is 5.32. The second-order valence-electron chi connectivity index (χ2n) is 5.43. The summed E-state index contributed by atoms with van der Waals surface area (Å²) in [6.45, 7) is 2.79. The Bertz CT molecular complexity index is 459. The smallest absolute Gasteiger partial charge is 0.273 e. The number of hydrogen-bond donors (Lipinski definition) is 1. The van der Waals surface area contributed by atoms with Gasteiger partial charge in [0.15, 0.2) is 0 Å². The highest BCUT2D eigenvalue weighted by Crippen LogP contribution is 2.19. The highest BCUT2D eigenvalue weighted by atomic mass is 16.6. The Balaban J connectivity index is 1.79. The van der Waals surface area contributed by atoms with Crippen molar-refractivity contribution in [3.8, 4) is 5.75 Å². The molecular weight excluding hydrogens is 272 g/mol. The van der Waals surface area contributed by atoms with Gasteiger partial charge in [0.05, 0.1) is 11.0 Å². The minimum Gasteiger partial charge on any atom is -0.491 e. The number of nitro benzene ring substituents is 1. The predicted molar refractivity (Wildman–Crippen MR) is 79.5 cm³/mol.